The summed E-state index contributed by atoms with van der Waals surface area (Å²) in [4.78, 5) is 33.7. The van der Waals surface area contributed by atoms with Crippen molar-refractivity contribution >= 4 is 22.9 Å². The summed E-state index contributed by atoms with van der Waals surface area (Å²) in [5, 5.41) is 0. The third-order valence-electron chi connectivity index (χ3n) is 7.06. The Hall–Kier alpha value is -3.36. The second-order valence-electron chi connectivity index (χ2n) is 10.6. The van der Waals surface area contributed by atoms with E-state index in [-0.39, 0.29) is 43.0 Å². The lowest BCUT2D eigenvalue weighted by Gasteiger charge is -2.46. The number of aromatic nitrogens is 1. The van der Waals surface area contributed by atoms with Crippen LogP contribution in [0.3, 0.4) is 0 Å². The highest BCUT2D eigenvalue weighted by Crippen LogP contribution is 2.50. The van der Waals surface area contributed by atoms with E-state index < -0.39 is 29.7 Å². The SMILES string of the molecule is CC(C)c1cc(-c2ccc(F)cc2)nc2cc(C(=O)N3CCN(C(=O)C4CC4(F)F)CC3(C)C)oc12. The van der Waals surface area contributed by atoms with Gasteiger partial charge in [-0.3, -0.25) is 9.59 Å². The molecule has 190 valence electrons. The Morgan fingerprint density at radius 3 is 2.36 bits per heavy atom. The minimum Gasteiger partial charge on any atom is -0.449 e. The molecule has 1 atom stereocenters. The van der Waals surface area contributed by atoms with Gasteiger partial charge in [-0.05, 0) is 50.1 Å². The quantitative estimate of drug-likeness (QED) is 0.477. The molecule has 1 unspecified atom stereocenters. The van der Waals surface area contributed by atoms with Gasteiger partial charge in [-0.1, -0.05) is 13.8 Å². The van der Waals surface area contributed by atoms with Crippen LogP contribution in [-0.4, -0.2) is 57.7 Å². The number of carbonyl (C=O) groups is 2. The van der Waals surface area contributed by atoms with E-state index >= 15 is 0 Å². The van der Waals surface area contributed by atoms with Crippen LogP contribution in [0.25, 0.3) is 22.4 Å². The maximum Gasteiger partial charge on any atom is 0.290 e. The van der Waals surface area contributed by atoms with Crippen molar-refractivity contribution in [3.63, 3.8) is 0 Å². The smallest absolute Gasteiger partial charge is 0.290 e. The van der Waals surface area contributed by atoms with Crippen LogP contribution in [0.5, 0.6) is 0 Å². The maximum atomic E-state index is 13.5. The molecule has 36 heavy (non-hydrogen) atoms. The molecule has 0 bridgehead atoms. The van der Waals surface area contributed by atoms with Crippen LogP contribution in [0.4, 0.5) is 13.2 Å². The molecule has 5 rings (SSSR count). The van der Waals surface area contributed by atoms with Crippen molar-refractivity contribution in [2.75, 3.05) is 19.6 Å². The molecule has 2 aliphatic rings. The fourth-order valence-corrected chi connectivity index (χ4v) is 4.90. The zero-order chi connectivity index (χ0) is 26.0. The van der Waals surface area contributed by atoms with Crippen LogP contribution in [0.15, 0.2) is 40.8 Å². The summed E-state index contributed by atoms with van der Waals surface area (Å²) in [6.07, 6.45) is -0.407. The number of amides is 2. The van der Waals surface area contributed by atoms with Crippen LogP contribution in [0.1, 0.15) is 56.2 Å². The Bertz CT molecular complexity index is 1350. The van der Waals surface area contributed by atoms with E-state index in [9.17, 15) is 22.8 Å². The van der Waals surface area contributed by atoms with Crippen molar-refractivity contribution in [2.45, 2.75) is 51.5 Å². The van der Waals surface area contributed by atoms with E-state index in [1.54, 1.807) is 23.1 Å². The Morgan fingerprint density at radius 1 is 1.11 bits per heavy atom. The number of nitrogens with zero attached hydrogens (tertiary/aromatic N) is 3. The summed E-state index contributed by atoms with van der Waals surface area (Å²) >= 11 is 0. The van der Waals surface area contributed by atoms with Crippen molar-refractivity contribution in [1.29, 1.82) is 0 Å². The summed E-state index contributed by atoms with van der Waals surface area (Å²) in [6.45, 7) is 8.19. The van der Waals surface area contributed by atoms with Crippen LogP contribution < -0.4 is 0 Å². The number of alkyl halides is 2. The third-order valence-corrected chi connectivity index (χ3v) is 7.06. The first-order chi connectivity index (χ1) is 16.9. The minimum absolute atomic E-state index is 0.0790. The molecule has 1 aliphatic carbocycles. The molecule has 1 aliphatic heterocycles. The lowest BCUT2D eigenvalue weighted by molar-refractivity contribution is -0.139. The molecule has 2 amide bonds. The van der Waals surface area contributed by atoms with E-state index in [1.165, 1.54) is 17.0 Å². The largest absolute Gasteiger partial charge is 0.449 e. The third kappa shape index (κ3) is 4.24. The van der Waals surface area contributed by atoms with Crippen molar-refractivity contribution in [1.82, 2.24) is 14.8 Å². The van der Waals surface area contributed by atoms with Gasteiger partial charge in [0.15, 0.2) is 11.3 Å². The molecule has 2 fully saturated rings. The van der Waals surface area contributed by atoms with Gasteiger partial charge < -0.3 is 14.2 Å². The molecular formula is C27H28F3N3O3. The molecule has 9 heteroatoms. The van der Waals surface area contributed by atoms with Crippen LogP contribution in [0, 0.1) is 11.7 Å². The molecule has 1 aromatic carbocycles. The van der Waals surface area contributed by atoms with Gasteiger partial charge in [0.2, 0.25) is 5.91 Å². The molecule has 0 N–H and O–H groups in total. The van der Waals surface area contributed by atoms with Gasteiger partial charge in [-0.2, -0.15) is 0 Å². The molecule has 6 nitrogen and oxygen atoms in total. The van der Waals surface area contributed by atoms with E-state index in [4.69, 9.17) is 4.42 Å². The first kappa shape index (κ1) is 24.3. The van der Waals surface area contributed by atoms with Crippen LogP contribution in [0.2, 0.25) is 0 Å². The van der Waals surface area contributed by atoms with Crippen molar-refractivity contribution in [3.05, 3.63) is 53.5 Å². The molecular weight excluding hydrogens is 471 g/mol. The highest BCUT2D eigenvalue weighted by Gasteiger charge is 2.62. The van der Waals surface area contributed by atoms with E-state index in [0.717, 1.165) is 11.1 Å². The number of halogens is 3. The number of piperazine rings is 1. The zero-order valence-corrected chi connectivity index (χ0v) is 20.6. The number of furan rings is 1. The Labute approximate surface area is 207 Å². The topological polar surface area (TPSA) is 66.7 Å². The zero-order valence-electron chi connectivity index (χ0n) is 20.6. The number of benzene rings is 1. The molecule has 2 aromatic heterocycles. The Balaban J connectivity index is 1.43. The highest BCUT2D eigenvalue weighted by atomic mass is 19.3. The van der Waals surface area contributed by atoms with Gasteiger partial charge in [0.05, 0.1) is 11.2 Å². The predicted octanol–water partition coefficient (Wildman–Crippen LogP) is 5.48. The normalized spacial score (nSPS) is 20.7. The average Bonchev–Trinajstić information content (AvgIpc) is 3.24. The fourth-order valence-electron chi connectivity index (χ4n) is 4.90. The van der Waals surface area contributed by atoms with Crippen LogP contribution >= 0.6 is 0 Å². The predicted molar refractivity (Wildman–Crippen MR) is 128 cm³/mol. The highest BCUT2D eigenvalue weighted by molar-refractivity contribution is 5.97. The summed E-state index contributed by atoms with van der Waals surface area (Å²) < 4.78 is 46.3. The van der Waals surface area contributed by atoms with Crippen LogP contribution in [-0.2, 0) is 4.79 Å². The number of hydrogen-bond donors (Lipinski definition) is 0. The minimum atomic E-state index is -2.92. The summed E-state index contributed by atoms with van der Waals surface area (Å²) in [6, 6.07) is 9.55. The molecule has 1 saturated heterocycles. The number of hydrogen-bond acceptors (Lipinski definition) is 4. The monoisotopic (exact) mass is 499 g/mol. The van der Waals surface area contributed by atoms with Gasteiger partial charge in [0.1, 0.15) is 17.3 Å². The molecule has 1 saturated carbocycles. The molecule has 3 aromatic rings. The first-order valence-electron chi connectivity index (χ1n) is 12.1. The summed E-state index contributed by atoms with van der Waals surface area (Å²) in [5.74, 6) is -5.20. The lowest BCUT2D eigenvalue weighted by atomic mass is 9.97. The maximum absolute atomic E-state index is 13.5. The van der Waals surface area contributed by atoms with E-state index in [2.05, 4.69) is 4.98 Å². The standard InChI is InChI=1S/C27H28F3N3O3/c1-15(2)18-11-20(16-5-7-17(28)8-6-16)31-21-12-22(36-23(18)21)25(35)33-10-9-32(14-26(33,3)4)24(34)19-13-27(19,29)30/h5-8,11-12,15,19H,9-10,13-14H2,1-4H3. The molecule has 0 radical (unpaired) electrons. The molecule has 3 heterocycles. The molecule has 0 spiro atoms. The first-order valence-corrected chi connectivity index (χ1v) is 12.1. The fraction of sp³-hybridized carbons (Fsp3) is 0.444. The second-order valence-corrected chi connectivity index (χ2v) is 10.6. The number of carbonyl (C=O) groups excluding carboxylic acids is 2. The number of rotatable bonds is 4. The van der Waals surface area contributed by atoms with E-state index in [0.29, 0.717) is 16.8 Å². The number of pyridine rings is 1. The van der Waals surface area contributed by atoms with Gasteiger partial charge in [0.25, 0.3) is 11.8 Å². The van der Waals surface area contributed by atoms with Gasteiger partial charge in [-0.15, -0.1) is 0 Å². The number of fused-ring (bicyclic) bond motifs is 1. The summed E-state index contributed by atoms with van der Waals surface area (Å²) in [7, 11) is 0. The van der Waals surface area contributed by atoms with Crippen molar-refractivity contribution < 1.29 is 27.2 Å². The summed E-state index contributed by atoms with van der Waals surface area (Å²) in [5.41, 5.74) is 2.53. The van der Waals surface area contributed by atoms with E-state index in [1.807, 2.05) is 33.8 Å². The Kier molecular flexibility index (Phi) is 5.65. The van der Waals surface area contributed by atoms with Gasteiger partial charge in [0, 0.05) is 43.2 Å². The van der Waals surface area contributed by atoms with Crippen molar-refractivity contribution in [3.8, 4) is 11.3 Å². The average molecular weight is 500 g/mol. The van der Waals surface area contributed by atoms with Gasteiger partial charge >= 0.3 is 0 Å². The Morgan fingerprint density at radius 2 is 1.78 bits per heavy atom. The lowest BCUT2D eigenvalue weighted by Crippen LogP contribution is -2.62. The second kappa shape index (κ2) is 8.35. The van der Waals surface area contributed by atoms with Crippen molar-refractivity contribution in [2.24, 2.45) is 5.92 Å². The van der Waals surface area contributed by atoms with Gasteiger partial charge in [-0.25, -0.2) is 18.2 Å².